The largest absolute Gasteiger partial charge is 0.395 e. The summed E-state index contributed by atoms with van der Waals surface area (Å²) in [5, 5.41) is 18.4. The Morgan fingerprint density at radius 2 is 1.86 bits per heavy atom. The van der Waals surface area contributed by atoms with Crippen LogP contribution in [0.2, 0.25) is 5.02 Å². The standard InChI is InChI=1S/C25H27ClFN7OS/c26-19-13-16(1-3-20(19)27)30-24-22-17-2-4-21-18(23(17)36-25(22)29-15-28-24)14-34(31-21)10-9-32-5-7-33(8-6-32)11-12-35/h1,3,13-15,35H,2,4-12H2,(H,28,29,30). The van der Waals surface area contributed by atoms with E-state index in [1.54, 1.807) is 29.8 Å². The van der Waals surface area contributed by atoms with E-state index in [9.17, 15) is 4.39 Å². The second kappa shape index (κ2) is 10.0. The molecule has 0 saturated carbocycles. The number of piperazine rings is 1. The van der Waals surface area contributed by atoms with Crippen molar-refractivity contribution in [3.8, 4) is 10.4 Å². The van der Waals surface area contributed by atoms with Gasteiger partial charge < -0.3 is 10.4 Å². The molecule has 0 unspecified atom stereocenters. The van der Waals surface area contributed by atoms with E-state index < -0.39 is 5.82 Å². The molecular weight excluding hydrogens is 501 g/mol. The Bertz CT molecular complexity index is 1400. The number of β-amino-alcohol motifs (C(OH)–C–C–N with tert-alkyl or cyclic N) is 1. The van der Waals surface area contributed by atoms with Crippen LogP contribution in [0.3, 0.4) is 0 Å². The fourth-order valence-electron chi connectivity index (χ4n) is 5.07. The summed E-state index contributed by atoms with van der Waals surface area (Å²) in [4.78, 5) is 15.9. The molecule has 1 aliphatic carbocycles. The molecule has 0 bridgehead atoms. The Labute approximate surface area is 217 Å². The number of aryl methyl sites for hydroxylation is 2. The summed E-state index contributed by atoms with van der Waals surface area (Å²) in [6, 6.07) is 4.57. The molecular formula is C25H27ClFN7OS. The summed E-state index contributed by atoms with van der Waals surface area (Å²) in [7, 11) is 0. The number of nitrogens with one attached hydrogen (secondary N) is 1. The van der Waals surface area contributed by atoms with Crippen molar-refractivity contribution in [3.05, 3.63) is 52.8 Å². The van der Waals surface area contributed by atoms with Gasteiger partial charge in [-0.2, -0.15) is 5.10 Å². The zero-order valence-electron chi connectivity index (χ0n) is 19.8. The normalized spacial score (nSPS) is 16.3. The first-order chi connectivity index (χ1) is 17.6. The molecule has 4 heterocycles. The highest BCUT2D eigenvalue weighted by Crippen LogP contribution is 2.45. The Hall–Kier alpha value is -2.63. The second-order valence-electron chi connectivity index (χ2n) is 9.23. The molecule has 0 radical (unpaired) electrons. The predicted molar refractivity (Wildman–Crippen MR) is 141 cm³/mol. The molecule has 36 heavy (non-hydrogen) atoms. The van der Waals surface area contributed by atoms with Crippen molar-refractivity contribution in [2.24, 2.45) is 0 Å². The SMILES string of the molecule is OCCN1CCN(CCn2cc3c(n2)CCc2c-3sc3ncnc(Nc4ccc(F)c(Cl)c4)c23)CC1. The maximum absolute atomic E-state index is 13.6. The topological polar surface area (TPSA) is 82.3 Å². The van der Waals surface area contributed by atoms with Gasteiger partial charge in [0.2, 0.25) is 0 Å². The van der Waals surface area contributed by atoms with Crippen LogP contribution >= 0.6 is 22.9 Å². The van der Waals surface area contributed by atoms with Crippen LogP contribution in [-0.2, 0) is 19.4 Å². The Morgan fingerprint density at radius 3 is 2.64 bits per heavy atom. The number of fused-ring (bicyclic) bond motifs is 5. The second-order valence-corrected chi connectivity index (χ2v) is 10.6. The van der Waals surface area contributed by atoms with Crippen molar-refractivity contribution < 1.29 is 9.50 Å². The van der Waals surface area contributed by atoms with Crippen LogP contribution in [0.5, 0.6) is 0 Å². The molecule has 0 spiro atoms. The zero-order valence-corrected chi connectivity index (χ0v) is 21.3. The van der Waals surface area contributed by atoms with E-state index in [0.717, 1.165) is 74.6 Å². The van der Waals surface area contributed by atoms with Gasteiger partial charge in [0.15, 0.2) is 0 Å². The molecule has 4 aromatic rings. The van der Waals surface area contributed by atoms with Gasteiger partial charge in [0, 0.05) is 61.6 Å². The number of aliphatic hydroxyl groups is 1. The molecule has 1 aliphatic heterocycles. The summed E-state index contributed by atoms with van der Waals surface area (Å²) in [6.45, 7) is 6.85. The highest BCUT2D eigenvalue weighted by atomic mass is 35.5. The van der Waals surface area contributed by atoms with Crippen molar-refractivity contribution in [2.75, 3.05) is 51.2 Å². The average molecular weight is 528 g/mol. The van der Waals surface area contributed by atoms with Crippen LogP contribution in [0.4, 0.5) is 15.9 Å². The minimum Gasteiger partial charge on any atom is -0.395 e. The van der Waals surface area contributed by atoms with E-state index in [1.165, 1.54) is 22.1 Å². The molecule has 1 aromatic carbocycles. The minimum atomic E-state index is -0.448. The Balaban J connectivity index is 1.22. The van der Waals surface area contributed by atoms with Gasteiger partial charge in [0.05, 0.1) is 29.3 Å². The first-order valence-electron chi connectivity index (χ1n) is 12.2. The maximum atomic E-state index is 13.6. The van der Waals surface area contributed by atoms with Crippen molar-refractivity contribution in [1.82, 2.24) is 29.5 Å². The molecule has 188 valence electrons. The number of anilines is 2. The van der Waals surface area contributed by atoms with Gasteiger partial charge in [-0.15, -0.1) is 11.3 Å². The predicted octanol–water partition coefficient (Wildman–Crippen LogP) is 3.80. The van der Waals surface area contributed by atoms with Gasteiger partial charge in [-0.05, 0) is 36.6 Å². The molecule has 2 N–H and O–H groups in total. The van der Waals surface area contributed by atoms with E-state index in [2.05, 4.69) is 36.0 Å². The summed E-state index contributed by atoms with van der Waals surface area (Å²) < 4.78 is 15.7. The first-order valence-corrected chi connectivity index (χ1v) is 13.4. The fourth-order valence-corrected chi connectivity index (χ4v) is 6.47. The number of rotatable bonds is 7. The molecule has 11 heteroatoms. The van der Waals surface area contributed by atoms with Crippen LogP contribution < -0.4 is 5.32 Å². The van der Waals surface area contributed by atoms with Crippen LogP contribution in [-0.4, -0.2) is 80.5 Å². The van der Waals surface area contributed by atoms with Gasteiger partial charge in [-0.1, -0.05) is 11.6 Å². The van der Waals surface area contributed by atoms with E-state index in [4.69, 9.17) is 21.8 Å². The highest BCUT2D eigenvalue weighted by Gasteiger charge is 2.26. The summed E-state index contributed by atoms with van der Waals surface area (Å²) in [5.74, 6) is 0.257. The molecule has 6 rings (SSSR count). The molecule has 0 atom stereocenters. The quantitative estimate of drug-likeness (QED) is 0.378. The van der Waals surface area contributed by atoms with E-state index in [1.807, 2.05) is 0 Å². The average Bonchev–Trinajstić information content (AvgIpc) is 3.48. The highest BCUT2D eigenvalue weighted by molar-refractivity contribution is 7.22. The summed E-state index contributed by atoms with van der Waals surface area (Å²) in [5.41, 5.74) is 4.23. The van der Waals surface area contributed by atoms with Gasteiger partial charge in [0.25, 0.3) is 0 Å². The lowest BCUT2D eigenvalue weighted by Crippen LogP contribution is -2.47. The number of thiophene rings is 1. The van der Waals surface area contributed by atoms with Crippen molar-refractivity contribution in [1.29, 1.82) is 0 Å². The number of aromatic nitrogens is 4. The van der Waals surface area contributed by atoms with Crippen LogP contribution in [0.15, 0.2) is 30.7 Å². The van der Waals surface area contributed by atoms with Crippen molar-refractivity contribution in [3.63, 3.8) is 0 Å². The van der Waals surface area contributed by atoms with Gasteiger partial charge in [-0.3, -0.25) is 14.5 Å². The number of nitrogens with zero attached hydrogens (tertiary/aromatic N) is 6. The zero-order chi connectivity index (χ0) is 24.6. The first kappa shape index (κ1) is 23.7. The van der Waals surface area contributed by atoms with Crippen molar-refractivity contribution in [2.45, 2.75) is 19.4 Å². The third-order valence-electron chi connectivity index (χ3n) is 6.99. The van der Waals surface area contributed by atoms with Crippen LogP contribution in [0.25, 0.3) is 20.7 Å². The number of hydrogen-bond acceptors (Lipinski definition) is 8. The lowest BCUT2D eigenvalue weighted by Gasteiger charge is -2.34. The monoisotopic (exact) mass is 527 g/mol. The lowest BCUT2D eigenvalue weighted by atomic mass is 9.95. The minimum absolute atomic E-state index is 0.0711. The number of benzene rings is 1. The number of hydrogen-bond donors (Lipinski definition) is 2. The number of halogens is 2. The molecule has 3 aromatic heterocycles. The van der Waals surface area contributed by atoms with E-state index >= 15 is 0 Å². The van der Waals surface area contributed by atoms with Crippen LogP contribution in [0, 0.1) is 5.82 Å². The smallest absolute Gasteiger partial charge is 0.142 e. The molecule has 1 fully saturated rings. The Kier molecular flexibility index (Phi) is 6.61. The third-order valence-corrected chi connectivity index (χ3v) is 8.45. The summed E-state index contributed by atoms with van der Waals surface area (Å²) in [6.07, 6.45) is 5.48. The summed E-state index contributed by atoms with van der Waals surface area (Å²) >= 11 is 7.65. The molecule has 2 aliphatic rings. The Morgan fingerprint density at radius 1 is 1.06 bits per heavy atom. The van der Waals surface area contributed by atoms with Gasteiger partial charge >= 0.3 is 0 Å². The molecule has 1 saturated heterocycles. The third kappa shape index (κ3) is 4.59. The van der Waals surface area contributed by atoms with E-state index in [0.29, 0.717) is 11.5 Å². The molecule has 0 amide bonds. The van der Waals surface area contributed by atoms with E-state index in [-0.39, 0.29) is 11.6 Å². The van der Waals surface area contributed by atoms with Gasteiger partial charge in [0.1, 0.15) is 22.8 Å². The molecule has 8 nitrogen and oxygen atoms in total. The maximum Gasteiger partial charge on any atom is 0.142 e. The number of aliphatic hydroxyl groups excluding tert-OH is 1. The van der Waals surface area contributed by atoms with Gasteiger partial charge in [-0.25, -0.2) is 14.4 Å². The fraction of sp³-hybridized carbons (Fsp3) is 0.400. The lowest BCUT2D eigenvalue weighted by molar-refractivity contribution is 0.109. The van der Waals surface area contributed by atoms with Crippen molar-refractivity contribution >= 4 is 44.7 Å². The van der Waals surface area contributed by atoms with Crippen LogP contribution in [0.1, 0.15) is 11.3 Å².